The number of rotatable bonds is 2. The Labute approximate surface area is 110 Å². The molecule has 0 heterocycles. The van der Waals surface area contributed by atoms with Gasteiger partial charge in [0.15, 0.2) is 0 Å². The van der Waals surface area contributed by atoms with Gasteiger partial charge in [-0.05, 0) is 30.3 Å². The summed E-state index contributed by atoms with van der Waals surface area (Å²) in [5.41, 5.74) is 11.6. The zero-order chi connectivity index (χ0) is 14.3. The molecular formula is C13H15N3O3. The van der Waals surface area contributed by atoms with Crippen LogP contribution in [0.3, 0.4) is 0 Å². The van der Waals surface area contributed by atoms with E-state index < -0.39 is 5.97 Å². The average molecular weight is 261 g/mol. The molecule has 2 aromatic carbocycles. The molecule has 0 saturated carbocycles. The Balaban J connectivity index is 0.000000200. The first kappa shape index (κ1) is 14.3. The first-order chi connectivity index (χ1) is 9.04. The van der Waals surface area contributed by atoms with Gasteiger partial charge >= 0.3 is 5.97 Å². The van der Waals surface area contributed by atoms with E-state index in [0.29, 0.717) is 17.1 Å². The number of carboxylic acid groups (broad SMARTS) is 1. The van der Waals surface area contributed by atoms with E-state index in [-0.39, 0.29) is 5.56 Å². The standard InChI is InChI=1S/C7H8N2O2.C6H7NO/c8-5-2-1-4(7(10)11)3-6(5)9;7-8-6-4-2-1-3-5-6/h1-3H,8-9H2,(H,10,11);1-5H,7H2. The molecule has 0 bridgehead atoms. The van der Waals surface area contributed by atoms with E-state index in [1.165, 1.54) is 18.2 Å². The second-order valence-electron chi connectivity index (χ2n) is 3.58. The van der Waals surface area contributed by atoms with Crippen molar-refractivity contribution < 1.29 is 14.7 Å². The molecule has 0 unspecified atom stereocenters. The maximum absolute atomic E-state index is 10.4. The van der Waals surface area contributed by atoms with Gasteiger partial charge in [0.2, 0.25) is 0 Å². The van der Waals surface area contributed by atoms with E-state index in [2.05, 4.69) is 4.84 Å². The van der Waals surface area contributed by atoms with E-state index in [4.69, 9.17) is 22.5 Å². The van der Waals surface area contributed by atoms with Crippen LogP contribution in [0.15, 0.2) is 48.5 Å². The summed E-state index contributed by atoms with van der Waals surface area (Å²) in [6.07, 6.45) is 0. The van der Waals surface area contributed by atoms with Crippen LogP contribution in [0, 0.1) is 0 Å². The summed E-state index contributed by atoms with van der Waals surface area (Å²) in [7, 11) is 0. The van der Waals surface area contributed by atoms with Gasteiger partial charge in [-0.1, -0.05) is 18.2 Å². The molecule has 0 fully saturated rings. The fraction of sp³-hybridized carbons (Fsp3) is 0. The summed E-state index contributed by atoms with van der Waals surface area (Å²) in [4.78, 5) is 14.8. The number of anilines is 2. The minimum absolute atomic E-state index is 0.150. The molecule has 100 valence electrons. The molecule has 0 atom stereocenters. The van der Waals surface area contributed by atoms with Gasteiger partial charge in [0.25, 0.3) is 0 Å². The Kier molecular flexibility index (Phi) is 5.18. The van der Waals surface area contributed by atoms with Gasteiger partial charge in [-0.2, -0.15) is 5.90 Å². The first-order valence-corrected chi connectivity index (χ1v) is 5.34. The average Bonchev–Trinajstić information content (AvgIpc) is 2.43. The molecule has 2 aromatic rings. The number of nitrogen functional groups attached to an aromatic ring is 2. The van der Waals surface area contributed by atoms with Crippen molar-refractivity contribution in [2.75, 3.05) is 11.5 Å². The third-order valence-electron chi connectivity index (χ3n) is 2.21. The van der Waals surface area contributed by atoms with Gasteiger partial charge in [0.05, 0.1) is 16.9 Å². The predicted molar refractivity (Wildman–Crippen MR) is 73.5 cm³/mol. The van der Waals surface area contributed by atoms with Crippen LogP contribution in [0.5, 0.6) is 5.75 Å². The zero-order valence-electron chi connectivity index (χ0n) is 10.1. The largest absolute Gasteiger partial charge is 0.478 e. The highest BCUT2D eigenvalue weighted by atomic mass is 16.6. The Morgan fingerprint density at radius 3 is 2.05 bits per heavy atom. The van der Waals surface area contributed by atoms with Crippen molar-refractivity contribution in [1.82, 2.24) is 0 Å². The molecule has 0 saturated heterocycles. The summed E-state index contributed by atoms with van der Waals surface area (Å²) < 4.78 is 0. The highest BCUT2D eigenvalue weighted by molar-refractivity contribution is 5.90. The fourth-order valence-electron chi connectivity index (χ4n) is 1.21. The third kappa shape index (κ3) is 4.57. The highest BCUT2D eigenvalue weighted by Gasteiger charge is 2.03. The molecule has 0 amide bonds. The van der Waals surface area contributed by atoms with Crippen molar-refractivity contribution in [2.24, 2.45) is 5.90 Å². The van der Waals surface area contributed by atoms with Crippen molar-refractivity contribution in [1.29, 1.82) is 0 Å². The quantitative estimate of drug-likeness (QED) is 0.479. The fourth-order valence-corrected chi connectivity index (χ4v) is 1.21. The lowest BCUT2D eigenvalue weighted by molar-refractivity contribution is 0.0697. The number of aromatic carboxylic acids is 1. The van der Waals surface area contributed by atoms with Crippen LogP contribution in [0.1, 0.15) is 10.4 Å². The van der Waals surface area contributed by atoms with Gasteiger partial charge in [-0.3, -0.25) is 0 Å². The van der Waals surface area contributed by atoms with E-state index in [0.717, 1.165) is 0 Å². The molecule has 0 aliphatic rings. The Morgan fingerprint density at radius 1 is 1.00 bits per heavy atom. The summed E-state index contributed by atoms with van der Waals surface area (Å²) in [5, 5.41) is 8.50. The smallest absolute Gasteiger partial charge is 0.335 e. The number of nitrogens with two attached hydrogens (primary N) is 3. The molecular weight excluding hydrogens is 246 g/mol. The number of para-hydroxylation sites is 1. The van der Waals surface area contributed by atoms with Crippen LogP contribution in [0.25, 0.3) is 0 Å². The molecule has 7 N–H and O–H groups in total. The lowest BCUT2D eigenvalue weighted by Crippen LogP contribution is -2.00. The number of carbonyl (C=O) groups is 1. The van der Waals surface area contributed by atoms with Crippen molar-refractivity contribution in [3.05, 3.63) is 54.1 Å². The maximum atomic E-state index is 10.4. The lowest BCUT2D eigenvalue weighted by Gasteiger charge is -1.99. The minimum atomic E-state index is -1.00. The first-order valence-electron chi connectivity index (χ1n) is 5.34. The maximum Gasteiger partial charge on any atom is 0.335 e. The number of carboxylic acids is 1. The minimum Gasteiger partial charge on any atom is -0.478 e. The zero-order valence-corrected chi connectivity index (χ0v) is 10.1. The highest BCUT2D eigenvalue weighted by Crippen LogP contribution is 2.15. The van der Waals surface area contributed by atoms with Gasteiger partial charge < -0.3 is 21.4 Å². The van der Waals surface area contributed by atoms with Crippen LogP contribution < -0.4 is 22.2 Å². The molecule has 6 heteroatoms. The molecule has 0 aliphatic heterocycles. The van der Waals surface area contributed by atoms with E-state index in [1.807, 2.05) is 18.2 Å². The second kappa shape index (κ2) is 6.87. The summed E-state index contributed by atoms with van der Waals surface area (Å²) in [6, 6.07) is 13.4. The number of hydrogen-bond acceptors (Lipinski definition) is 5. The monoisotopic (exact) mass is 261 g/mol. The molecule has 2 rings (SSSR count). The predicted octanol–water partition coefficient (Wildman–Crippen LogP) is 1.49. The Hall–Kier alpha value is -2.73. The van der Waals surface area contributed by atoms with Crippen LogP contribution in [-0.2, 0) is 0 Å². The number of benzene rings is 2. The molecule has 19 heavy (non-hydrogen) atoms. The van der Waals surface area contributed by atoms with Crippen LogP contribution in [-0.4, -0.2) is 11.1 Å². The Morgan fingerprint density at radius 2 is 1.63 bits per heavy atom. The van der Waals surface area contributed by atoms with Crippen molar-refractivity contribution in [3.8, 4) is 5.75 Å². The van der Waals surface area contributed by atoms with Crippen LogP contribution in [0.2, 0.25) is 0 Å². The topological polar surface area (TPSA) is 125 Å². The molecule has 0 radical (unpaired) electrons. The SMILES string of the molecule is NOc1ccccc1.Nc1ccc(C(=O)O)cc1N. The molecule has 6 nitrogen and oxygen atoms in total. The van der Waals surface area contributed by atoms with Gasteiger partial charge in [-0.25, -0.2) is 4.79 Å². The van der Waals surface area contributed by atoms with E-state index >= 15 is 0 Å². The van der Waals surface area contributed by atoms with Gasteiger partial charge in [-0.15, -0.1) is 0 Å². The third-order valence-corrected chi connectivity index (χ3v) is 2.21. The lowest BCUT2D eigenvalue weighted by atomic mass is 10.2. The van der Waals surface area contributed by atoms with Gasteiger partial charge in [0.1, 0.15) is 5.75 Å². The van der Waals surface area contributed by atoms with Gasteiger partial charge in [0, 0.05) is 0 Å². The number of hydrogen-bond donors (Lipinski definition) is 4. The summed E-state index contributed by atoms with van der Waals surface area (Å²) in [6.45, 7) is 0. The van der Waals surface area contributed by atoms with Crippen molar-refractivity contribution in [3.63, 3.8) is 0 Å². The molecule has 0 spiro atoms. The van der Waals surface area contributed by atoms with Crippen LogP contribution >= 0.6 is 0 Å². The van der Waals surface area contributed by atoms with E-state index in [9.17, 15) is 4.79 Å². The molecule has 0 aromatic heterocycles. The van der Waals surface area contributed by atoms with Crippen molar-refractivity contribution in [2.45, 2.75) is 0 Å². The second-order valence-corrected chi connectivity index (χ2v) is 3.58. The normalized spacial score (nSPS) is 9.11. The van der Waals surface area contributed by atoms with E-state index in [1.54, 1.807) is 12.1 Å². The summed E-state index contributed by atoms with van der Waals surface area (Å²) in [5.74, 6) is 4.53. The summed E-state index contributed by atoms with van der Waals surface area (Å²) >= 11 is 0. The Bertz CT molecular complexity index is 544. The van der Waals surface area contributed by atoms with Crippen LogP contribution in [0.4, 0.5) is 11.4 Å². The van der Waals surface area contributed by atoms with Crippen molar-refractivity contribution >= 4 is 17.3 Å². The molecule has 0 aliphatic carbocycles.